The molecule has 0 radical (unpaired) electrons. The lowest BCUT2D eigenvalue weighted by atomic mass is 9.92. The Kier molecular flexibility index (Phi) is 5.47. The highest BCUT2D eigenvalue weighted by Gasteiger charge is 2.15. The fourth-order valence-corrected chi connectivity index (χ4v) is 2.83. The second-order valence-electron chi connectivity index (χ2n) is 4.92. The van der Waals surface area contributed by atoms with Crippen molar-refractivity contribution in [3.05, 3.63) is 66.0 Å². The molecule has 4 nitrogen and oxygen atoms in total. The van der Waals surface area contributed by atoms with Gasteiger partial charge in [0.15, 0.2) is 0 Å². The smallest absolute Gasteiger partial charge is 0.211 e. The summed E-state index contributed by atoms with van der Waals surface area (Å²) in [4.78, 5) is 4.01. The zero-order valence-electron chi connectivity index (χ0n) is 12.1. The normalized spacial score (nSPS) is 13.0. The Hall–Kier alpha value is -1.72. The number of pyridine rings is 1. The van der Waals surface area contributed by atoms with Crippen molar-refractivity contribution in [1.29, 1.82) is 0 Å². The van der Waals surface area contributed by atoms with Crippen LogP contribution in [0.2, 0.25) is 0 Å². The Labute approximate surface area is 126 Å². The topological polar surface area (TPSA) is 59.1 Å². The van der Waals surface area contributed by atoms with Crippen LogP contribution in [0.1, 0.15) is 24.0 Å². The highest BCUT2D eigenvalue weighted by atomic mass is 32.2. The van der Waals surface area contributed by atoms with Gasteiger partial charge in [-0.05, 0) is 36.6 Å². The Morgan fingerprint density at radius 2 is 1.76 bits per heavy atom. The minimum Gasteiger partial charge on any atom is -0.265 e. The van der Waals surface area contributed by atoms with Crippen molar-refractivity contribution in [1.82, 2.24) is 9.71 Å². The zero-order chi connectivity index (χ0) is 15.1. The van der Waals surface area contributed by atoms with Crippen molar-refractivity contribution in [3.8, 4) is 0 Å². The van der Waals surface area contributed by atoms with Crippen LogP contribution < -0.4 is 4.72 Å². The lowest BCUT2D eigenvalue weighted by Crippen LogP contribution is -2.30. The van der Waals surface area contributed by atoms with Gasteiger partial charge in [0.25, 0.3) is 0 Å². The van der Waals surface area contributed by atoms with E-state index in [1.54, 1.807) is 19.3 Å². The molecule has 0 aliphatic rings. The van der Waals surface area contributed by atoms with Crippen LogP contribution in [0, 0.1) is 0 Å². The number of benzene rings is 1. The molecule has 0 amide bonds. The van der Waals surface area contributed by atoms with Crippen LogP contribution in [-0.2, 0) is 16.4 Å². The molecule has 1 heterocycles. The van der Waals surface area contributed by atoms with E-state index >= 15 is 0 Å². The molecule has 2 rings (SSSR count). The molecule has 112 valence electrons. The number of aromatic nitrogens is 1. The molecular formula is C16H20N2O2S. The Morgan fingerprint density at radius 3 is 2.38 bits per heavy atom. The highest BCUT2D eigenvalue weighted by Crippen LogP contribution is 2.20. The minimum absolute atomic E-state index is 0.101. The van der Waals surface area contributed by atoms with Crippen molar-refractivity contribution in [2.45, 2.75) is 19.3 Å². The SMILES string of the molecule is CCS(=O)(=O)NCC(Cc1ccncc1)c1ccccc1. The lowest BCUT2D eigenvalue weighted by Gasteiger charge is -2.18. The van der Waals surface area contributed by atoms with Gasteiger partial charge in [-0.25, -0.2) is 13.1 Å². The number of nitrogens with one attached hydrogen (secondary N) is 1. The second kappa shape index (κ2) is 7.33. The molecule has 1 aromatic heterocycles. The van der Waals surface area contributed by atoms with Crippen LogP contribution in [-0.4, -0.2) is 25.7 Å². The van der Waals surface area contributed by atoms with E-state index in [0.717, 1.165) is 17.5 Å². The van der Waals surface area contributed by atoms with Gasteiger partial charge in [0, 0.05) is 24.9 Å². The first-order valence-electron chi connectivity index (χ1n) is 7.02. The molecule has 0 saturated heterocycles. The summed E-state index contributed by atoms with van der Waals surface area (Å²) < 4.78 is 26.0. The lowest BCUT2D eigenvalue weighted by molar-refractivity contribution is 0.570. The summed E-state index contributed by atoms with van der Waals surface area (Å²) in [5, 5.41) is 0. The van der Waals surface area contributed by atoms with E-state index in [9.17, 15) is 8.42 Å². The van der Waals surface area contributed by atoms with E-state index in [1.807, 2.05) is 42.5 Å². The third-order valence-electron chi connectivity index (χ3n) is 3.43. The molecule has 5 heteroatoms. The summed E-state index contributed by atoms with van der Waals surface area (Å²) in [6, 6.07) is 13.9. The summed E-state index contributed by atoms with van der Waals surface area (Å²) >= 11 is 0. The maximum absolute atomic E-state index is 11.7. The Bertz CT molecular complexity index is 642. The number of rotatable bonds is 7. The molecule has 0 aliphatic carbocycles. The zero-order valence-corrected chi connectivity index (χ0v) is 12.9. The predicted molar refractivity (Wildman–Crippen MR) is 84.6 cm³/mol. The highest BCUT2D eigenvalue weighted by molar-refractivity contribution is 7.89. The van der Waals surface area contributed by atoms with E-state index < -0.39 is 10.0 Å². The second-order valence-corrected chi connectivity index (χ2v) is 7.01. The van der Waals surface area contributed by atoms with Gasteiger partial charge in [0.05, 0.1) is 5.75 Å². The summed E-state index contributed by atoms with van der Waals surface area (Å²) in [6.07, 6.45) is 4.29. The number of nitrogens with zero attached hydrogens (tertiary/aromatic N) is 1. The van der Waals surface area contributed by atoms with Crippen LogP contribution in [0.25, 0.3) is 0 Å². The molecule has 0 saturated carbocycles. The summed E-state index contributed by atoms with van der Waals surface area (Å²) in [7, 11) is -3.18. The maximum atomic E-state index is 11.7. The molecule has 0 bridgehead atoms. The molecule has 1 N–H and O–H groups in total. The third kappa shape index (κ3) is 4.95. The average Bonchev–Trinajstić information content (AvgIpc) is 2.53. The van der Waals surface area contributed by atoms with Crippen LogP contribution in [0.15, 0.2) is 54.9 Å². The van der Waals surface area contributed by atoms with Gasteiger partial charge in [0.2, 0.25) is 10.0 Å². The van der Waals surface area contributed by atoms with Crippen LogP contribution in [0.3, 0.4) is 0 Å². The standard InChI is InChI=1S/C16H20N2O2S/c1-2-21(19,20)18-13-16(15-6-4-3-5-7-15)12-14-8-10-17-11-9-14/h3-11,16,18H,2,12-13H2,1H3. The molecule has 1 atom stereocenters. The summed E-state index contributed by atoms with van der Waals surface area (Å²) in [5.41, 5.74) is 2.28. The van der Waals surface area contributed by atoms with E-state index in [0.29, 0.717) is 6.54 Å². The van der Waals surface area contributed by atoms with Crippen molar-refractivity contribution in [2.75, 3.05) is 12.3 Å². The minimum atomic E-state index is -3.18. The van der Waals surface area contributed by atoms with E-state index in [-0.39, 0.29) is 11.7 Å². The van der Waals surface area contributed by atoms with Gasteiger partial charge >= 0.3 is 0 Å². The summed E-state index contributed by atoms with van der Waals surface area (Å²) in [5.74, 6) is 0.207. The molecule has 0 fully saturated rings. The van der Waals surface area contributed by atoms with E-state index in [2.05, 4.69) is 9.71 Å². The van der Waals surface area contributed by atoms with Crippen LogP contribution in [0.5, 0.6) is 0 Å². The van der Waals surface area contributed by atoms with Gasteiger partial charge < -0.3 is 0 Å². The van der Waals surface area contributed by atoms with Gasteiger partial charge in [0.1, 0.15) is 0 Å². The van der Waals surface area contributed by atoms with Gasteiger partial charge in [-0.1, -0.05) is 30.3 Å². The number of sulfonamides is 1. The van der Waals surface area contributed by atoms with E-state index in [4.69, 9.17) is 0 Å². The molecule has 0 aliphatic heterocycles. The monoisotopic (exact) mass is 304 g/mol. The van der Waals surface area contributed by atoms with Gasteiger partial charge in [-0.3, -0.25) is 4.98 Å². The first kappa shape index (κ1) is 15.7. The quantitative estimate of drug-likeness (QED) is 0.854. The molecule has 0 spiro atoms. The molecule has 21 heavy (non-hydrogen) atoms. The Balaban J connectivity index is 2.15. The van der Waals surface area contributed by atoms with Crippen molar-refractivity contribution < 1.29 is 8.42 Å². The first-order chi connectivity index (χ1) is 10.1. The maximum Gasteiger partial charge on any atom is 0.211 e. The van der Waals surface area contributed by atoms with E-state index in [1.165, 1.54) is 0 Å². The fourth-order valence-electron chi connectivity index (χ4n) is 2.17. The van der Waals surface area contributed by atoms with Crippen LogP contribution >= 0.6 is 0 Å². The predicted octanol–water partition coefficient (Wildman–Crippen LogP) is 2.35. The molecule has 1 unspecified atom stereocenters. The largest absolute Gasteiger partial charge is 0.265 e. The number of hydrogen-bond donors (Lipinski definition) is 1. The third-order valence-corrected chi connectivity index (χ3v) is 4.80. The average molecular weight is 304 g/mol. The molecule has 2 aromatic rings. The van der Waals surface area contributed by atoms with Gasteiger partial charge in [-0.15, -0.1) is 0 Å². The van der Waals surface area contributed by atoms with Gasteiger partial charge in [-0.2, -0.15) is 0 Å². The van der Waals surface area contributed by atoms with Crippen molar-refractivity contribution in [2.24, 2.45) is 0 Å². The van der Waals surface area contributed by atoms with Crippen molar-refractivity contribution in [3.63, 3.8) is 0 Å². The first-order valence-corrected chi connectivity index (χ1v) is 8.67. The van der Waals surface area contributed by atoms with Crippen molar-refractivity contribution >= 4 is 10.0 Å². The van der Waals surface area contributed by atoms with Crippen LogP contribution in [0.4, 0.5) is 0 Å². The molecular weight excluding hydrogens is 284 g/mol. The number of hydrogen-bond acceptors (Lipinski definition) is 3. The Morgan fingerprint density at radius 1 is 1.10 bits per heavy atom. The fraction of sp³-hybridized carbons (Fsp3) is 0.312. The molecule has 1 aromatic carbocycles. The summed E-state index contributed by atoms with van der Waals surface area (Å²) in [6.45, 7) is 2.05.